The van der Waals surface area contributed by atoms with Crippen molar-refractivity contribution in [3.63, 3.8) is 0 Å². The molecule has 4 rings (SSSR count). The van der Waals surface area contributed by atoms with Gasteiger partial charge in [-0.15, -0.1) is 0 Å². The van der Waals surface area contributed by atoms with Gasteiger partial charge in [-0.1, -0.05) is 61.0 Å². The summed E-state index contributed by atoms with van der Waals surface area (Å²) in [5.74, 6) is -1.25. The number of sulfonamides is 1. The minimum atomic E-state index is -3.69. The standard InChI is InChI=1S/C27H28N2O5S/c1-20(26(30)28-25-16-7-6-15-24(25)21-11-4-2-5-12-21)34-27(31)22-13-10-14-23(19-22)35(32,33)29-17-8-3-9-18-29/h2,4-7,10-16,19-20H,3,8-9,17-18H2,1H3,(H,28,30). The average molecular weight is 493 g/mol. The molecule has 0 saturated carbocycles. The maximum absolute atomic E-state index is 13.0. The van der Waals surface area contributed by atoms with Crippen LogP contribution in [0.15, 0.2) is 83.8 Å². The van der Waals surface area contributed by atoms with Crippen LogP contribution in [-0.4, -0.2) is 43.8 Å². The van der Waals surface area contributed by atoms with Gasteiger partial charge in [0.25, 0.3) is 5.91 Å². The molecule has 1 saturated heterocycles. The number of hydrogen-bond donors (Lipinski definition) is 1. The minimum Gasteiger partial charge on any atom is -0.449 e. The van der Waals surface area contributed by atoms with E-state index in [1.165, 1.54) is 35.5 Å². The summed E-state index contributed by atoms with van der Waals surface area (Å²) in [5.41, 5.74) is 2.46. The first kappa shape index (κ1) is 24.6. The Balaban J connectivity index is 1.45. The fourth-order valence-electron chi connectivity index (χ4n) is 4.02. The zero-order chi connectivity index (χ0) is 24.8. The highest BCUT2D eigenvalue weighted by Gasteiger charge is 2.27. The van der Waals surface area contributed by atoms with Gasteiger partial charge in [0.05, 0.1) is 10.5 Å². The van der Waals surface area contributed by atoms with E-state index in [1.807, 2.05) is 48.5 Å². The highest BCUT2D eigenvalue weighted by atomic mass is 32.2. The molecule has 1 aliphatic heterocycles. The third-order valence-corrected chi connectivity index (χ3v) is 7.84. The largest absolute Gasteiger partial charge is 0.449 e. The third kappa shape index (κ3) is 5.78. The summed E-state index contributed by atoms with van der Waals surface area (Å²) >= 11 is 0. The molecule has 1 fully saturated rings. The summed E-state index contributed by atoms with van der Waals surface area (Å²) in [5, 5.41) is 2.83. The van der Waals surface area contributed by atoms with Gasteiger partial charge in [0.15, 0.2) is 6.10 Å². The molecule has 3 aromatic rings. The molecule has 7 nitrogen and oxygen atoms in total. The average Bonchev–Trinajstić information content (AvgIpc) is 2.90. The van der Waals surface area contributed by atoms with Crippen LogP contribution in [0.4, 0.5) is 5.69 Å². The van der Waals surface area contributed by atoms with Crippen LogP contribution in [0, 0.1) is 0 Å². The van der Waals surface area contributed by atoms with Crippen LogP contribution < -0.4 is 5.32 Å². The topological polar surface area (TPSA) is 92.8 Å². The monoisotopic (exact) mass is 492 g/mol. The van der Waals surface area contributed by atoms with E-state index in [0.717, 1.165) is 30.4 Å². The maximum atomic E-state index is 13.0. The van der Waals surface area contributed by atoms with Gasteiger partial charge in [0, 0.05) is 24.3 Å². The summed E-state index contributed by atoms with van der Waals surface area (Å²) in [6.07, 6.45) is 1.56. The Labute approximate surface area is 205 Å². The van der Waals surface area contributed by atoms with E-state index in [4.69, 9.17) is 4.74 Å². The number of piperidine rings is 1. The highest BCUT2D eigenvalue weighted by Crippen LogP contribution is 2.28. The normalized spacial score (nSPS) is 15.2. The highest BCUT2D eigenvalue weighted by molar-refractivity contribution is 7.89. The Kier molecular flexibility index (Phi) is 7.63. The number of nitrogens with one attached hydrogen (secondary N) is 1. The Hall–Kier alpha value is -3.49. The molecule has 1 unspecified atom stereocenters. The Morgan fingerprint density at radius 2 is 1.57 bits per heavy atom. The quantitative estimate of drug-likeness (QED) is 0.482. The number of nitrogens with zero attached hydrogens (tertiary/aromatic N) is 1. The van der Waals surface area contributed by atoms with Crippen LogP contribution in [0.3, 0.4) is 0 Å². The second kappa shape index (κ2) is 10.8. The summed E-state index contributed by atoms with van der Waals surface area (Å²) < 4.78 is 32.7. The van der Waals surface area contributed by atoms with Crippen molar-refractivity contribution in [3.05, 3.63) is 84.4 Å². The lowest BCUT2D eigenvalue weighted by molar-refractivity contribution is -0.123. The van der Waals surface area contributed by atoms with Crippen LogP contribution in [-0.2, 0) is 19.6 Å². The smallest absolute Gasteiger partial charge is 0.338 e. The van der Waals surface area contributed by atoms with E-state index in [-0.39, 0.29) is 10.5 Å². The lowest BCUT2D eigenvalue weighted by atomic mass is 10.0. The van der Waals surface area contributed by atoms with Crippen molar-refractivity contribution >= 4 is 27.6 Å². The molecular weight excluding hydrogens is 464 g/mol. The number of benzene rings is 3. The van der Waals surface area contributed by atoms with Gasteiger partial charge >= 0.3 is 5.97 Å². The molecule has 0 aliphatic carbocycles. The number of anilines is 1. The molecule has 0 spiro atoms. The van der Waals surface area contributed by atoms with Gasteiger partial charge in [-0.2, -0.15) is 4.31 Å². The summed E-state index contributed by atoms with van der Waals surface area (Å²) in [4.78, 5) is 25.6. The van der Waals surface area contributed by atoms with Gasteiger partial charge in [-0.3, -0.25) is 4.79 Å². The summed E-state index contributed by atoms with van der Waals surface area (Å²) in [6, 6.07) is 22.8. The molecule has 35 heavy (non-hydrogen) atoms. The zero-order valence-electron chi connectivity index (χ0n) is 19.5. The fourth-order valence-corrected chi connectivity index (χ4v) is 5.58. The van der Waals surface area contributed by atoms with Gasteiger partial charge < -0.3 is 10.1 Å². The van der Waals surface area contributed by atoms with E-state index < -0.39 is 28.0 Å². The molecule has 1 N–H and O–H groups in total. The Bertz CT molecular complexity index is 1300. The van der Waals surface area contributed by atoms with Gasteiger partial charge in [-0.05, 0) is 49.6 Å². The zero-order valence-corrected chi connectivity index (χ0v) is 20.3. The first-order chi connectivity index (χ1) is 16.9. The van der Waals surface area contributed by atoms with Crippen molar-refractivity contribution < 1.29 is 22.7 Å². The van der Waals surface area contributed by atoms with Crippen LogP contribution in [0.25, 0.3) is 11.1 Å². The number of esters is 1. The van der Waals surface area contributed by atoms with Crippen molar-refractivity contribution in [2.24, 2.45) is 0 Å². The molecule has 1 heterocycles. The molecule has 0 bridgehead atoms. The predicted octanol–water partition coefficient (Wildman–Crippen LogP) is 4.71. The second-order valence-electron chi connectivity index (χ2n) is 8.44. The molecule has 1 aliphatic rings. The number of para-hydroxylation sites is 1. The molecule has 0 radical (unpaired) electrons. The van der Waals surface area contributed by atoms with Crippen molar-refractivity contribution in [1.29, 1.82) is 0 Å². The molecule has 8 heteroatoms. The second-order valence-corrected chi connectivity index (χ2v) is 10.4. The van der Waals surface area contributed by atoms with Crippen LogP contribution in [0.2, 0.25) is 0 Å². The van der Waals surface area contributed by atoms with E-state index in [9.17, 15) is 18.0 Å². The molecule has 1 amide bonds. The number of carbonyl (C=O) groups is 2. The van der Waals surface area contributed by atoms with Crippen molar-refractivity contribution in [2.45, 2.75) is 37.2 Å². The first-order valence-corrected chi connectivity index (χ1v) is 13.1. The van der Waals surface area contributed by atoms with E-state index in [0.29, 0.717) is 18.8 Å². The molecule has 0 aromatic heterocycles. The predicted molar refractivity (Wildman–Crippen MR) is 134 cm³/mol. The molecule has 182 valence electrons. The third-order valence-electron chi connectivity index (χ3n) is 5.95. The van der Waals surface area contributed by atoms with E-state index >= 15 is 0 Å². The SMILES string of the molecule is CC(OC(=O)c1cccc(S(=O)(=O)N2CCCCC2)c1)C(=O)Nc1ccccc1-c1ccccc1. The van der Waals surface area contributed by atoms with Crippen LogP contribution in [0.5, 0.6) is 0 Å². The molecule has 1 atom stereocenters. The molecule has 3 aromatic carbocycles. The molecular formula is C27H28N2O5S. The van der Waals surface area contributed by atoms with Gasteiger partial charge in [-0.25, -0.2) is 13.2 Å². The lowest BCUT2D eigenvalue weighted by Crippen LogP contribution is -2.35. The summed E-state index contributed by atoms with van der Waals surface area (Å²) in [6.45, 7) is 2.42. The minimum absolute atomic E-state index is 0.0442. The van der Waals surface area contributed by atoms with Crippen molar-refractivity contribution in [3.8, 4) is 11.1 Å². The number of rotatable bonds is 7. The van der Waals surface area contributed by atoms with Gasteiger partial charge in [0.2, 0.25) is 10.0 Å². The number of hydrogen-bond acceptors (Lipinski definition) is 5. The number of ether oxygens (including phenoxy) is 1. The number of carbonyl (C=O) groups excluding carboxylic acids is 2. The Morgan fingerprint density at radius 1 is 0.886 bits per heavy atom. The van der Waals surface area contributed by atoms with Crippen molar-refractivity contribution in [2.75, 3.05) is 18.4 Å². The Morgan fingerprint density at radius 3 is 2.31 bits per heavy atom. The van der Waals surface area contributed by atoms with Crippen LogP contribution in [0.1, 0.15) is 36.5 Å². The van der Waals surface area contributed by atoms with E-state index in [2.05, 4.69) is 5.32 Å². The van der Waals surface area contributed by atoms with Crippen molar-refractivity contribution in [1.82, 2.24) is 4.31 Å². The lowest BCUT2D eigenvalue weighted by Gasteiger charge is -2.26. The number of amides is 1. The maximum Gasteiger partial charge on any atom is 0.338 e. The first-order valence-electron chi connectivity index (χ1n) is 11.6. The summed E-state index contributed by atoms with van der Waals surface area (Å²) in [7, 11) is -3.69. The van der Waals surface area contributed by atoms with Crippen LogP contribution >= 0.6 is 0 Å². The van der Waals surface area contributed by atoms with Gasteiger partial charge in [0.1, 0.15) is 0 Å². The fraction of sp³-hybridized carbons (Fsp3) is 0.259. The van der Waals surface area contributed by atoms with E-state index in [1.54, 1.807) is 6.07 Å².